The highest BCUT2D eigenvalue weighted by Gasteiger charge is 2.23. The van der Waals surface area contributed by atoms with Gasteiger partial charge in [-0.05, 0) is 17.6 Å². The fraction of sp³-hybridized carbons (Fsp3) is 0.455. The minimum atomic E-state index is -1.01. The van der Waals surface area contributed by atoms with Gasteiger partial charge in [-0.1, -0.05) is 26.0 Å². The first-order valence-corrected chi connectivity index (χ1v) is 5.20. The van der Waals surface area contributed by atoms with Crippen LogP contribution in [0.3, 0.4) is 0 Å². The number of anilines is 1. The summed E-state index contributed by atoms with van der Waals surface area (Å²) in [6.07, 6.45) is 0. The molecule has 0 aromatic heterocycles. The summed E-state index contributed by atoms with van der Waals surface area (Å²) in [5.41, 5.74) is 6.44. The van der Waals surface area contributed by atoms with E-state index in [0.29, 0.717) is 11.2 Å². The predicted octanol–water partition coefficient (Wildman–Crippen LogP) is -0.00860. The topological polar surface area (TPSA) is 75.7 Å². The highest BCUT2D eigenvalue weighted by atomic mass is 16.5. The van der Waals surface area contributed by atoms with E-state index in [2.05, 4.69) is 0 Å². The third kappa shape index (κ3) is 3.85. The highest BCUT2D eigenvalue weighted by molar-refractivity contribution is 6.60. The minimum Gasteiger partial charge on any atom is -0.423 e. The summed E-state index contributed by atoms with van der Waals surface area (Å²) in [6.45, 7) is 4.01. The molecule has 0 bridgehead atoms. The van der Waals surface area contributed by atoms with Crippen molar-refractivity contribution in [2.24, 2.45) is 5.41 Å². The Balaban J connectivity index is 2.56. The molecule has 0 heterocycles. The van der Waals surface area contributed by atoms with E-state index in [-0.39, 0.29) is 18.6 Å². The predicted molar refractivity (Wildman–Crippen MR) is 65.3 cm³/mol. The lowest BCUT2D eigenvalue weighted by atomic mass is 9.79. The first-order chi connectivity index (χ1) is 7.44. The van der Waals surface area contributed by atoms with E-state index in [1.807, 2.05) is 13.8 Å². The number of hydrogen-bond donors (Lipinski definition) is 3. The fourth-order valence-electron chi connectivity index (χ4n) is 1.16. The molecule has 1 aromatic rings. The molecule has 0 amide bonds. The van der Waals surface area contributed by atoms with Crippen LogP contribution in [-0.2, 0) is 4.65 Å². The van der Waals surface area contributed by atoms with Gasteiger partial charge in [-0.25, -0.2) is 0 Å². The summed E-state index contributed by atoms with van der Waals surface area (Å²) >= 11 is 0. The molecule has 5 heteroatoms. The Labute approximate surface area is 96.2 Å². The Morgan fingerprint density at radius 2 is 2.12 bits per heavy atom. The van der Waals surface area contributed by atoms with Crippen LogP contribution in [0.25, 0.3) is 0 Å². The average molecular weight is 223 g/mol. The Hall–Kier alpha value is -1.04. The summed E-state index contributed by atoms with van der Waals surface area (Å²) in [5.74, 6) is 0. The molecular formula is C11H18BNO3. The number of benzene rings is 1. The Bertz CT molecular complexity index is 344. The van der Waals surface area contributed by atoms with Gasteiger partial charge in [-0.15, -0.1) is 0 Å². The van der Waals surface area contributed by atoms with E-state index in [0.717, 1.165) is 0 Å². The van der Waals surface area contributed by atoms with Crippen molar-refractivity contribution in [2.75, 3.05) is 18.9 Å². The molecule has 88 valence electrons. The quantitative estimate of drug-likeness (QED) is 0.484. The molecule has 0 saturated carbocycles. The Morgan fingerprint density at radius 1 is 1.44 bits per heavy atom. The van der Waals surface area contributed by atoms with Crippen LogP contribution in [0.5, 0.6) is 0 Å². The van der Waals surface area contributed by atoms with E-state index < -0.39 is 7.12 Å². The number of aliphatic hydroxyl groups excluding tert-OH is 1. The second kappa shape index (κ2) is 5.34. The second-order valence-corrected chi connectivity index (χ2v) is 4.66. The molecule has 1 aromatic carbocycles. The summed E-state index contributed by atoms with van der Waals surface area (Å²) < 4.78 is 5.28. The molecule has 16 heavy (non-hydrogen) atoms. The zero-order chi connectivity index (χ0) is 12.2. The van der Waals surface area contributed by atoms with Crippen molar-refractivity contribution in [1.82, 2.24) is 0 Å². The molecule has 0 aliphatic carbocycles. The normalized spacial score (nSPS) is 11.5. The number of rotatable bonds is 5. The molecular weight excluding hydrogens is 205 g/mol. The van der Waals surface area contributed by atoms with Gasteiger partial charge in [0.25, 0.3) is 0 Å². The first-order valence-electron chi connectivity index (χ1n) is 5.20. The van der Waals surface area contributed by atoms with Crippen LogP contribution in [0, 0.1) is 5.41 Å². The van der Waals surface area contributed by atoms with E-state index in [1.165, 1.54) is 0 Å². The maximum Gasteiger partial charge on any atom is 0.491 e. The largest absolute Gasteiger partial charge is 0.491 e. The third-order valence-corrected chi connectivity index (χ3v) is 2.26. The molecule has 4 nitrogen and oxygen atoms in total. The lowest BCUT2D eigenvalue weighted by Crippen LogP contribution is -2.37. The first kappa shape index (κ1) is 13.0. The number of nitrogen functional groups attached to an aromatic ring is 1. The van der Waals surface area contributed by atoms with Crippen LogP contribution >= 0.6 is 0 Å². The number of aliphatic hydroxyl groups is 1. The van der Waals surface area contributed by atoms with Crippen LogP contribution in [0.1, 0.15) is 13.8 Å². The Morgan fingerprint density at radius 3 is 2.69 bits per heavy atom. The van der Waals surface area contributed by atoms with Gasteiger partial charge in [0.15, 0.2) is 0 Å². The van der Waals surface area contributed by atoms with Gasteiger partial charge in [-0.2, -0.15) is 0 Å². The lowest BCUT2D eigenvalue weighted by Gasteiger charge is -2.22. The van der Waals surface area contributed by atoms with Crippen molar-refractivity contribution >= 4 is 18.3 Å². The molecule has 0 aliphatic heterocycles. The fourth-order valence-corrected chi connectivity index (χ4v) is 1.16. The van der Waals surface area contributed by atoms with Crippen molar-refractivity contribution in [3.63, 3.8) is 0 Å². The third-order valence-electron chi connectivity index (χ3n) is 2.26. The zero-order valence-electron chi connectivity index (χ0n) is 9.68. The summed E-state index contributed by atoms with van der Waals surface area (Å²) in [6, 6.07) is 6.91. The molecule has 0 radical (unpaired) electrons. The van der Waals surface area contributed by atoms with Crippen molar-refractivity contribution in [3.05, 3.63) is 24.3 Å². The van der Waals surface area contributed by atoms with Crippen LogP contribution in [0.4, 0.5) is 5.69 Å². The smallest absolute Gasteiger partial charge is 0.423 e. The number of nitrogens with two attached hydrogens (primary N) is 1. The van der Waals surface area contributed by atoms with Crippen molar-refractivity contribution in [2.45, 2.75) is 13.8 Å². The monoisotopic (exact) mass is 223 g/mol. The minimum absolute atomic E-state index is 0.0106. The van der Waals surface area contributed by atoms with Gasteiger partial charge >= 0.3 is 7.12 Å². The average Bonchev–Trinajstić information content (AvgIpc) is 2.26. The van der Waals surface area contributed by atoms with Crippen molar-refractivity contribution < 1.29 is 14.8 Å². The van der Waals surface area contributed by atoms with Crippen LogP contribution in [-0.4, -0.2) is 30.5 Å². The van der Waals surface area contributed by atoms with Crippen molar-refractivity contribution in [3.8, 4) is 0 Å². The molecule has 4 N–H and O–H groups in total. The summed E-state index contributed by atoms with van der Waals surface area (Å²) in [7, 11) is -1.01. The van der Waals surface area contributed by atoms with Crippen LogP contribution in [0.15, 0.2) is 24.3 Å². The molecule has 0 aliphatic rings. The van der Waals surface area contributed by atoms with E-state index in [1.54, 1.807) is 24.3 Å². The second-order valence-electron chi connectivity index (χ2n) is 4.66. The maximum absolute atomic E-state index is 9.74. The van der Waals surface area contributed by atoms with E-state index in [9.17, 15) is 5.02 Å². The van der Waals surface area contributed by atoms with Gasteiger partial charge in [0.05, 0.1) is 6.61 Å². The number of hydrogen-bond acceptors (Lipinski definition) is 4. The summed E-state index contributed by atoms with van der Waals surface area (Å²) in [4.78, 5) is 0. The molecule has 0 saturated heterocycles. The van der Waals surface area contributed by atoms with Gasteiger partial charge < -0.3 is 20.5 Å². The van der Waals surface area contributed by atoms with Gasteiger partial charge in [0, 0.05) is 17.7 Å². The summed E-state index contributed by atoms with van der Waals surface area (Å²) in [5, 5.41) is 18.8. The lowest BCUT2D eigenvalue weighted by molar-refractivity contribution is 0.0886. The molecule has 0 unspecified atom stereocenters. The molecule has 1 rings (SSSR count). The maximum atomic E-state index is 9.74. The van der Waals surface area contributed by atoms with Gasteiger partial charge in [0.1, 0.15) is 0 Å². The molecule has 0 fully saturated rings. The SMILES string of the molecule is CC(C)(CO)COB(O)c1cccc(N)c1. The van der Waals surface area contributed by atoms with Crippen LogP contribution in [0.2, 0.25) is 0 Å². The standard InChI is InChI=1S/C11H18BNO3/c1-11(2,7-14)8-16-12(15)9-4-3-5-10(13)6-9/h3-6,14-15H,7-8,13H2,1-2H3. The molecule has 0 spiro atoms. The van der Waals surface area contributed by atoms with Gasteiger partial charge in [-0.3, -0.25) is 0 Å². The van der Waals surface area contributed by atoms with E-state index >= 15 is 0 Å². The van der Waals surface area contributed by atoms with Crippen molar-refractivity contribution in [1.29, 1.82) is 0 Å². The molecule has 0 atom stereocenters. The Kier molecular flexibility index (Phi) is 4.35. The highest BCUT2D eigenvalue weighted by Crippen LogP contribution is 2.13. The zero-order valence-corrected chi connectivity index (χ0v) is 9.68. The van der Waals surface area contributed by atoms with Gasteiger partial charge in [0.2, 0.25) is 0 Å². The van der Waals surface area contributed by atoms with Crippen LogP contribution < -0.4 is 11.2 Å². The van der Waals surface area contributed by atoms with E-state index in [4.69, 9.17) is 15.5 Å².